The molecule has 0 N–H and O–H groups in total. The van der Waals surface area contributed by atoms with E-state index in [1.165, 1.54) is 11.8 Å². The van der Waals surface area contributed by atoms with Crippen molar-refractivity contribution in [2.75, 3.05) is 34.5 Å². The van der Waals surface area contributed by atoms with E-state index in [-0.39, 0.29) is 29.1 Å². The SMILES string of the molecule is O=C(CSc1nnc(C[C@@H]2CCS(=O)(=O)C2)o1)N1CCSc2ccccc21. The first-order valence-electron chi connectivity index (χ1n) is 8.68. The second-order valence-electron chi connectivity index (χ2n) is 6.59. The fraction of sp³-hybridized carbons (Fsp3) is 0.471. The Bertz CT molecular complexity index is 944. The van der Waals surface area contributed by atoms with Crippen molar-refractivity contribution in [2.24, 2.45) is 5.92 Å². The van der Waals surface area contributed by atoms with Crippen molar-refractivity contribution in [1.29, 1.82) is 0 Å². The number of thioether (sulfide) groups is 2. The molecule has 0 radical (unpaired) electrons. The topological polar surface area (TPSA) is 93.4 Å². The van der Waals surface area contributed by atoms with Gasteiger partial charge in [-0.25, -0.2) is 8.42 Å². The number of hydrogen-bond donors (Lipinski definition) is 0. The van der Waals surface area contributed by atoms with Gasteiger partial charge in [-0.1, -0.05) is 23.9 Å². The molecule has 3 heterocycles. The van der Waals surface area contributed by atoms with Crippen molar-refractivity contribution in [2.45, 2.75) is 23.0 Å². The van der Waals surface area contributed by atoms with Crippen LogP contribution in [0.4, 0.5) is 5.69 Å². The molecule has 2 aliphatic rings. The summed E-state index contributed by atoms with van der Waals surface area (Å²) in [5, 5.41) is 8.32. The van der Waals surface area contributed by atoms with Crippen LogP contribution in [0.25, 0.3) is 0 Å². The molecule has 2 aromatic rings. The highest BCUT2D eigenvalue weighted by Crippen LogP contribution is 2.35. The highest BCUT2D eigenvalue weighted by Gasteiger charge is 2.29. The van der Waals surface area contributed by atoms with Crippen molar-refractivity contribution >= 4 is 45.0 Å². The number of para-hydroxylation sites is 1. The largest absolute Gasteiger partial charge is 0.416 e. The Labute approximate surface area is 166 Å². The molecule has 1 aromatic carbocycles. The van der Waals surface area contributed by atoms with E-state index in [0.29, 0.717) is 30.5 Å². The van der Waals surface area contributed by atoms with Crippen LogP contribution >= 0.6 is 23.5 Å². The molecular weight excluding hydrogens is 406 g/mol. The summed E-state index contributed by atoms with van der Waals surface area (Å²) in [4.78, 5) is 15.6. The molecule has 1 fully saturated rings. The van der Waals surface area contributed by atoms with Gasteiger partial charge in [0.25, 0.3) is 5.22 Å². The highest BCUT2D eigenvalue weighted by atomic mass is 32.2. The summed E-state index contributed by atoms with van der Waals surface area (Å²) < 4.78 is 28.7. The lowest BCUT2D eigenvalue weighted by Gasteiger charge is -2.28. The summed E-state index contributed by atoms with van der Waals surface area (Å²) >= 11 is 2.98. The van der Waals surface area contributed by atoms with Crippen LogP contribution in [0, 0.1) is 5.92 Å². The molecular formula is C17H19N3O4S3. The van der Waals surface area contributed by atoms with E-state index < -0.39 is 9.84 Å². The molecule has 4 rings (SSSR count). The number of fused-ring (bicyclic) bond motifs is 1. The van der Waals surface area contributed by atoms with Gasteiger partial charge in [0.15, 0.2) is 9.84 Å². The number of amides is 1. The van der Waals surface area contributed by atoms with E-state index in [1.54, 1.807) is 16.7 Å². The number of rotatable bonds is 5. The number of sulfone groups is 1. The number of hydrogen-bond acceptors (Lipinski definition) is 8. The molecule has 2 aliphatic heterocycles. The maximum atomic E-state index is 12.6. The van der Waals surface area contributed by atoms with Crippen LogP contribution in [0.5, 0.6) is 0 Å². The minimum atomic E-state index is -2.91. The monoisotopic (exact) mass is 425 g/mol. The van der Waals surface area contributed by atoms with Crippen LogP contribution in [0.3, 0.4) is 0 Å². The number of nitrogens with zero attached hydrogens (tertiary/aromatic N) is 3. The average Bonchev–Trinajstić information content (AvgIpc) is 3.25. The van der Waals surface area contributed by atoms with E-state index in [2.05, 4.69) is 10.2 Å². The fourth-order valence-electron chi connectivity index (χ4n) is 3.29. The zero-order chi connectivity index (χ0) is 18.9. The molecule has 1 atom stereocenters. The lowest BCUT2D eigenvalue weighted by molar-refractivity contribution is -0.116. The van der Waals surface area contributed by atoms with Crippen LogP contribution in [0.2, 0.25) is 0 Å². The third-order valence-electron chi connectivity index (χ3n) is 4.59. The number of aromatic nitrogens is 2. The van der Waals surface area contributed by atoms with Gasteiger partial charge in [-0.15, -0.1) is 22.0 Å². The summed E-state index contributed by atoms with van der Waals surface area (Å²) in [5.41, 5.74) is 0.952. The second-order valence-corrected chi connectivity index (χ2v) is 10.9. The third kappa shape index (κ3) is 4.49. The van der Waals surface area contributed by atoms with Gasteiger partial charge >= 0.3 is 0 Å². The summed E-state index contributed by atoms with van der Waals surface area (Å²) in [5.74, 6) is 2.00. The first kappa shape index (κ1) is 18.8. The van der Waals surface area contributed by atoms with Gasteiger partial charge in [-0.3, -0.25) is 4.79 Å². The standard InChI is InChI=1S/C17H19N3O4S3/c21-16(20-6-7-25-14-4-2-1-3-13(14)20)10-26-17-19-18-15(24-17)9-12-5-8-27(22,23)11-12/h1-4,12H,5-11H2/t12-/m0/s1. The Hall–Kier alpha value is -1.52. The van der Waals surface area contributed by atoms with Gasteiger partial charge in [0, 0.05) is 23.6 Å². The molecule has 1 aromatic heterocycles. The van der Waals surface area contributed by atoms with E-state index >= 15 is 0 Å². The van der Waals surface area contributed by atoms with Crippen LogP contribution < -0.4 is 4.90 Å². The van der Waals surface area contributed by atoms with E-state index in [1.807, 2.05) is 24.3 Å². The molecule has 1 saturated heterocycles. The highest BCUT2D eigenvalue weighted by molar-refractivity contribution is 8.00. The molecule has 0 spiro atoms. The van der Waals surface area contributed by atoms with Crippen LogP contribution in [0.15, 0.2) is 38.8 Å². The molecule has 27 heavy (non-hydrogen) atoms. The van der Waals surface area contributed by atoms with E-state index in [4.69, 9.17) is 4.42 Å². The average molecular weight is 426 g/mol. The Kier molecular flexibility index (Phi) is 5.47. The van der Waals surface area contributed by atoms with E-state index in [9.17, 15) is 13.2 Å². The third-order valence-corrected chi connectivity index (χ3v) is 8.27. The summed E-state index contributed by atoms with van der Waals surface area (Å²) in [6.07, 6.45) is 1.11. The molecule has 0 aliphatic carbocycles. The predicted octanol–water partition coefficient (Wildman–Crippen LogP) is 2.28. The normalized spacial score (nSPS) is 21.2. The first-order chi connectivity index (χ1) is 13.0. The van der Waals surface area contributed by atoms with Gasteiger partial charge in [-0.2, -0.15) is 0 Å². The summed E-state index contributed by atoms with van der Waals surface area (Å²) in [6, 6.07) is 7.90. The lowest BCUT2D eigenvalue weighted by Crippen LogP contribution is -2.36. The Morgan fingerprint density at radius 3 is 3.00 bits per heavy atom. The molecule has 0 bridgehead atoms. The maximum Gasteiger partial charge on any atom is 0.277 e. The summed E-state index contributed by atoms with van der Waals surface area (Å²) in [7, 11) is -2.91. The van der Waals surface area contributed by atoms with Gasteiger partial charge in [0.1, 0.15) is 0 Å². The van der Waals surface area contributed by atoms with Gasteiger partial charge in [0.05, 0.1) is 22.9 Å². The zero-order valence-electron chi connectivity index (χ0n) is 14.5. The number of carbonyl (C=O) groups excluding carboxylic acids is 1. The molecule has 0 unspecified atom stereocenters. The van der Waals surface area contributed by atoms with Crippen LogP contribution in [0.1, 0.15) is 12.3 Å². The van der Waals surface area contributed by atoms with Gasteiger partial charge in [-0.05, 0) is 24.5 Å². The minimum Gasteiger partial charge on any atom is -0.416 e. The molecule has 144 valence electrons. The predicted molar refractivity (Wildman–Crippen MR) is 105 cm³/mol. The molecule has 0 saturated carbocycles. The zero-order valence-corrected chi connectivity index (χ0v) is 17.0. The molecule has 1 amide bonds. The van der Waals surface area contributed by atoms with Crippen molar-refractivity contribution in [3.8, 4) is 0 Å². The van der Waals surface area contributed by atoms with Crippen molar-refractivity contribution in [3.05, 3.63) is 30.2 Å². The fourth-order valence-corrected chi connectivity index (χ4v) is 6.80. The van der Waals surface area contributed by atoms with Crippen LogP contribution in [-0.2, 0) is 21.1 Å². The minimum absolute atomic E-state index is 0.00869. The number of anilines is 1. The second kappa shape index (κ2) is 7.84. The Morgan fingerprint density at radius 1 is 1.33 bits per heavy atom. The Balaban J connectivity index is 1.33. The maximum absolute atomic E-state index is 12.6. The summed E-state index contributed by atoms with van der Waals surface area (Å²) in [6.45, 7) is 0.687. The van der Waals surface area contributed by atoms with Crippen LogP contribution in [-0.4, -0.2) is 54.1 Å². The van der Waals surface area contributed by atoms with Gasteiger partial charge in [0.2, 0.25) is 11.8 Å². The van der Waals surface area contributed by atoms with Crippen molar-refractivity contribution < 1.29 is 17.6 Å². The number of carbonyl (C=O) groups is 1. The lowest BCUT2D eigenvalue weighted by atomic mass is 10.1. The molecule has 10 heteroatoms. The van der Waals surface area contributed by atoms with Gasteiger partial charge < -0.3 is 9.32 Å². The Morgan fingerprint density at radius 2 is 2.19 bits per heavy atom. The smallest absolute Gasteiger partial charge is 0.277 e. The first-order valence-corrected chi connectivity index (χ1v) is 12.5. The molecule has 7 nitrogen and oxygen atoms in total. The van der Waals surface area contributed by atoms with Crippen molar-refractivity contribution in [3.63, 3.8) is 0 Å². The number of benzene rings is 1. The van der Waals surface area contributed by atoms with Crippen molar-refractivity contribution in [1.82, 2.24) is 10.2 Å². The van der Waals surface area contributed by atoms with E-state index in [0.717, 1.165) is 16.3 Å². The quantitative estimate of drug-likeness (QED) is 0.674.